The predicted octanol–water partition coefficient (Wildman–Crippen LogP) is 2.36. The van der Waals surface area contributed by atoms with Crippen LogP contribution in [0, 0.1) is 0 Å². The number of carbonyl (C=O) groups is 1. The Balaban J connectivity index is 2.07. The van der Waals surface area contributed by atoms with E-state index in [9.17, 15) is 9.90 Å². The van der Waals surface area contributed by atoms with Gasteiger partial charge in [-0.1, -0.05) is 18.2 Å². The van der Waals surface area contributed by atoms with Crippen molar-refractivity contribution < 1.29 is 14.6 Å². The standard InChI is InChI=1S/C13H20O3/c1-16-13(15)10-5-3-2-4-7-11-8-6-9-12(11)14/h2,4,8,12,14H,3,5-7,9-10H2,1H3/b4-2-/t12-/m0/s1. The van der Waals surface area contributed by atoms with Gasteiger partial charge < -0.3 is 9.84 Å². The Hall–Kier alpha value is -1.09. The van der Waals surface area contributed by atoms with Gasteiger partial charge in [0, 0.05) is 6.42 Å². The lowest BCUT2D eigenvalue weighted by atomic mass is 10.1. The summed E-state index contributed by atoms with van der Waals surface area (Å²) in [6.07, 6.45) is 10.9. The van der Waals surface area contributed by atoms with Crippen LogP contribution < -0.4 is 0 Å². The largest absolute Gasteiger partial charge is 0.469 e. The van der Waals surface area contributed by atoms with Gasteiger partial charge in [0.05, 0.1) is 13.2 Å². The quantitative estimate of drug-likeness (QED) is 0.428. The highest BCUT2D eigenvalue weighted by Crippen LogP contribution is 2.21. The normalized spacial score (nSPS) is 20.1. The number of aliphatic hydroxyl groups is 1. The van der Waals surface area contributed by atoms with E-state index >= 15 is 0 Å². The van der Waals surface area contributed by atoms with E-state index in [0.717, 1.165) is 37.7 Å². The van der Waals surface area contributed by atoms with Crippen molar-refractivity contribution in [2.45, 2.75) is 44.6 Å². The molecule has 0 aromatic carbocycles. The second kappa shape index (κ2) is 7.23. The highest BCUT2D eigenvalue weighted by atomic mass is 16.5. The fourth-order valence-corrected chi connectivity index (χ4v) is 1.77. The van der Waals surface area contributed by atoms with E-state index in [1.165, 1.54) is 7.11 Å². The smallest absolute Gasteiger partial charge is 0.305 e. The molecule has 0 spiro atoms. The first-order valence-electron chi connectivity index (χ1n) is 5.83. The lowest BCUT2D eigenvalue weighted by Gasteiger charge is -2.04. The van der Waals surface area contributed by atoms with Gasteiger partial charge in [-0.2, -0.15) is 0 Å². The van der Waals surface area contributed by atoms with Crippen LogP contribution in [0.2, 0.25) is 0 Å². The van der Waals surface area contributed by atoms with Gasteiger partial charge in [-0.15, -0.1) is 0 Å². The maximum Gasteiger partial charge on any atom is 0.305 e. The fourth-order valence-electron chi connectivity index (χ4n) is 1.77. The number of methoxy groups -OCH3 is 1. The van der Waals surface area contributed by atoms with Gasteiger partial charge in [-0.05, 0) is 37.7 Å². The van der Waals surface area contributed by atoms with E-state index in [1.807, 2.05) is 0 Å². The molecule has 0 aromatic rings. The maximum atomic E-state index is 10.8. The first-order chi connectivity index (χ1) is 7.74. The SMILES string of the molecule is COC(=O)CCC/C=C\CC1=CCC[C@@H]1O. The third-order valence-electron chi connectivity index (χ3n) is 2.77. The number of rotatable bonds is 6. The molecule has 0 heterocycles. The number of hydrogen-bond acceptors (Lipinski definition) is 3. The van der Waals surface area contributed by atoms with Gasteiger partial charge in [-0.25, -0.2) is 0 Å². The number of aliphatic hydroxyl groups excluding tert-OH is 1. The van der Waals surface area contributed by atoms with Crippen LogP contribution in [0.15, 0.2) is 23.8 Å². The summed E-state index contributed by atoms with van der Waals surface area (Å²) in [5, 5.41) is 9.53. The topological polar surface area (TPSA) is 46.5 Å². The molecule has 0 radical (unpaired) electrons. The fraction of sp³-hybridized carbons (Fsp3) is 0.615. The molecular weight excluding hydrogens is 204 g/mol. The maximum absolute atomic E-state index is 10.8. The molecule has 1 rings (SSSR count). The van der Waals surface area contributed by atoms with Gasteiger partial charge in [0.1, 0.15) is 0 Å². The third kappa shape index (κ3) is 4.62. The van der Waals surface area contributed by atoms with E-state index in [0.29, 0.717) is 6.42 Å². The summed E-state index contributed by atoms with van der Waals surface area (Å²) in [6.45, 7) is 0. The highest BCUT2D eigenvalue weighted by molar-refractivity contribution is 5.69. The predicted molar refractivity (Wildman–Crippen MR) is 62.9 cm³/mol. The summed E-state index contributed by atoms with van der Waals surface area (Å²) < 4.78 is 4.55. The zero-order chi connectivity index (χ0) is 11.8. The molecule has 0 aliphatic heterocycles. The molecule has 0 unspecified atom stereocenters. The molecule has 3 nitrogen and oxygen atoms in total. The summed E-state index contributed by atoms with van der Waals surface area (Å²) >= 11 is 0. The third-order valence-corrected chi connectivity index (χ3v) is 2.77. The van der Waals surface area contributed by atoms with Crippen molar-refractivity contribution in [2.24, 2.45) is 0 Å². The Kier molecular flexibility index (Phi) is 5.86. The molecule has 0 fully saturated rings. The van der Waals surface area contributed by atoms with Crippen LogP contribution in [0.25, 0.3) is 0 Å². The number of esters is 1. The molecule has 1 aliphatic rings. The molecule has 90 valence electrons. The second-order valence-electron chi connectivity index (χ2n) is 4.02. The van der Waals surface area contributed by atoms with Gasteiger partial charge in [-0.3, -0.25) is 4.79 Å². The van der Waals surface area contributed by atoms with Crippen molar-refractivity contribution >= 4 is 5.97 Å². The first kappa shape index (κ1) is 13.0. The van der Waals surface area contributed by atoms with Crippen LogP contribution in [-0.2, 0) is 9.53 Å². The van der Waals surface area contributed by atoms with Gasteiger partial charge in [0.15, 0.2) is 0 Å². The lowest BCUT2D eigenvalue weighted by molar-refractivity contribution is -0.140. The van der Waals surface area contributed by atoms with E-state index < -0.39 is 0 Å². The lowest BCUT2D eigenvalue weighted by Crippen LogP contribution is -2.03. The van der Waals surface area contributed by atoms with Gasteiger partial charge >= 0.3 is 5.97 Å². The average molecular weight is 224 g/mol. The highest BCUT2D eigenvalue weighted by Gasteiger charge is 2.13. The second-order valence-corrected chi connectivity index (χ2v) is 4.02. The van der Waals surface area contributed by atoms with Crippen LogP contribution in [0.5, 0.6) is 0 Å². The van der Waals surface area contributed by atoms with Crippen LogP contribution >= 0.6 is 0 Å². The minimum atomic E-state index is -0.236. The van der Waals surface area contributed by atoms with E-state index in [-0.39, 0.29) is 12.1 Å². The molecule has 0 saturated heterocycles. The van der Waals surface area contributed by atoms with Gasteiger partial charge in [0.2, 0.25) is 0 Å². The summed E-state index contributed by atoms with van der Waals surface area (Å²) in [5.41, 5.74) is 1.13. The van der Waals surface area contributed by atoms with E-state index in [4.69, 9.17) is 0 Å². The number of hydrogen-bond donors (Lipinski definition) is 1. The van der Waals surface area contributed by atoms with Crippen molar-refractivity contribution in [3.8, 4) is 0 Å². The van der Waals surface area contributed by atoms with Crippen molar-refractivity contribution in [3.05, 3.63) is 23.8 Å². The Morgan fingerprint density at radius 2 is 2.44 bits per heavy atom. The molecule has 0 amide bonds. The Morgan fingerprint density at radius 1 is 1.62 bits per heavy atom. The van der Waals surface area contributed by atoms with Crippen LogP contribution in [-0.4, -0.2) is 24.3 Å². The van der Waals surface area contributed by atoms with Crippen molar-refractivity contribution in [2.75, 3.05) is 7.11 Å². The minimum absolute atomic E-state index is 0.151. The summed E-state index contributed by atoms with van der Waals surface area (Å²) in [4.78, 5) is 10.8. The molecule has 1 atom stereocenters. The molecule has 16 heavy (non-hydrogen) atoms. The Labute approximate surface area is 96.8 Å². The number of unbranched alkanes of at least 4 members (excludes halogenated alkanes) is 1. The van der Waals surface area contributed by atoms with Gasteiger partial charge in [0.25, 0.3) is 0 Å². The summed E-state index contributed by atoms with van der Waals surface area (Å²) in [7, 11) is 1.41. The Morgan fingerprint density at radius 3 is 3.06 bits per heavy atom. The summed E-state index contributed by atoms with van der Waals surface area (Å²) in [6, 6.07) is 0. The minimum Gasteiger partial charge on any atom is -0.469 e. The molecule has 0 saturated carbocycles. The number of ether oxygens (including phenoxy) is 1. The monoisotopic (exact) mass is 224 g/mol. The summed E-state index contributed by atoms with van der Waals surface area (Å²) in [5.74, 6) is -0.151. The molecule has 3 heteroatoms. The molecule has 1 aliphatic carbocycles. The van der Waals surface area contributed by atoms with Crippen molar-refractivity contribution in [1.82, 2.24) is 0 Å². The first-order valence-corrected chi connectivity index (χ1v) is 5.83. The molecule has 0 bridgehead atoms. The van der Waals surface area contributed by atoms with Crippen LogP contribution in [0.4, 0.5) is 0 Å². The number of allylic oxidation sites excluding steroid dienone is 3. The zero-order valence-electron chi connectivity index (χ0n) is 9.82. The van der Waals surface area contributed by atoms with E-state index in [1.54, 1.807) is 0 Å². The van der Waals surface area contributed by atoms with E-state index in [2.05, 4.69) is 23.0 Å². The van der Waals surface area contributed by atoms with Crippen LogP contribution in [0.1, 0.15) is 38.5 Å². The average Bonchev–Trinajstić information content (AvgIpc) is 2.69. The van der Waals surface area contributed by atoms with Crippen molar-refractivity contribution in [1.29, 1.82) is 0 Å². The Bertz CT molecular complexity index is 279. The zero-order valence-corrected chi connectivity index (χ0v) is 9.82. The number of carbonyl (C=O) groups excluding carboxylic acids is 1. The van der Waals surface area contributed by atoms with Crippen LogP contribution in [0.3, 0.4) is 0 Å². The molecule has 1 N–H and O–H groups in total. The molecule has 0 aromatic heterocycles. The molecular formula is C13H20O3. The van der Waals surface area contributed by atoms with Crippen molar-refractivity contribution in [3.63, 3.8) is 0 Å².